The molecule has 0 saturated carbocycles. The second-order valence-corrected chi connectivity index (χ2v) is 7.41. The predicted molar refractivity (Wildman–Crippen MR) is 124 cm³/mol. The lowest BCUT2D eigenvalue weighted by molar-refractivity contribution is -0.147. The molecule has 1 fully saturated rings. The molecule has 4 rings (SSSR count). The maximum absolute atomic E-state index is 13.1. The summed E-state index contributed by atoms with van der Waals surface area (Å²) < 4.78 is 10.9. The highest BCUT2D eigenvalue weighted by Crippen LogP contribution is 2.31. The summed E-state index contributed by atoms with van der Waals surface area (Å²) in [4.78, 5) is 37.5. The van der Waals surface area contributed by atoms with E-state index in [2.05, 4.69) is 20.3 Å². The zero-order valence-corrected chi connectivity index (χ0v) is 18.3. The van der Waals surface area contributed by atoms with Crippen LogP contribution in [-0.2, 0) is 19.1 Å². The lowest BCUT2D eigenvalue weighted by Crippen LogP contribution is -2.27. The molecule has 3 N–H and O–H groups in total. The summed E-state index contributed by atoms with van der Waals surface area (Å²) in [5, 5.41) is 12.9. The van der Waals surface area contributed by atoms with Gasteiger partial charge in [0.25, 0.3) is 0 Å². The van der Waals surface area contributed by atoms with Crippen molar-refractivity contribution in [2.75, 3.05) is 25.1 Å². The number of aromatic amines is 1. The number of Topliss-reactive ketones (excluding diaryl/α,β-unsaturated/α-hetero) is 1. The minimum atomic E-state index is -1.27. The van der Waals surface area contributed by atoms with Crippen LogP contribution in [0.1, 0.15) is 18.1 Å². The number of pyridine rings is 1. The minimum Gasteiger partial charge on any atom is -0.465 e. The third-order valence-corrected chi connectivity index (χ3v) is 5.13. The van der Waals surface area contributed by atoms with Gasteiger partial charge in [0.15, 0.2) is 11.7 Å². The molecular weight excluding hydrogens is 424 g/mol. The molecule has 3 heterocycles. The molecule has 1 aliphatic rings. The van der Waals surface area contributed by atoms with Crippen molar-refractivity contribution in [1.29, 1.82) is 0 Å². The molecule has 0 radical (unpaired) electrons. The number of nitrogens with zero attached hydrogens (tertiary/aromatic N) is 2. The Morgan fingerprint density at radius 3 is 3.00 bits per heavy atom. The SMILES string of the molecule is CCOC(=O)C1C(=O)/C(=C/c2c[nH]c3ncccc23)OC1=Nc1ccc(NCCO)cc1C. The van der Waals surface area contributed by atoms with Crippen LogP contribution in [-0.4, -0.2) is 52.5 Å². The summed E-state index contributed by atoms with van der Waals surface area (Å²) in [6.45, 7) is 4.10. The van der Waals surface area contributed by atoms with E-state index in [-0.39, 0.29) is 24.9 Å². The van der Waals surface area contributed by atoms with Crippen LogP contribution < -0.4 is 5.32 Å². The van der Waals surface area contributed by atoms with Crippen LogP contribution in [0.15, 0.2) is 53.5 Å². The molecule has 9 heteroatoms. The highest BCUT2D eigenvalue weighted by molar-refractivity contribution is 6.27. The Labute approximate surface area is 190 Å². The van der Waals surface area contributed by atoms with Crippen molar-refractivity contribution in [2.24, 2.45) is 10.9 Å². The Kier molecular flexibility index (Phi) is 6.50. The van der Waals surface area contributed by atoms with E-state index < -0.39 is 17.7 Å². The van der Waals surface area contributed by atoms with E-state index in [1.807, 2.05) is 19.1 Å². The van der Waals surface area contributed by atoms with Crippen LogP contribution in [0.2, 0.25) is 0 Å². The van der Waals surface area contributed by atoms with Gasteiger partial charge in [0.2, 0.25) is 11.7 Å². The van der Waals surface area contributed by atoms with Gasteiger partial charge in [0, 0.05) is 35.6 Å². The molecule has 3 aromatic rings. The number of anilines is 1. The van der Waals surface area contributed by atoms with Crippen molar-refractivity contribution in [1.82, 2.24) is 9.97 Å². The highest BCUT2D eigenvalue weighted by atomic mass is 16.5. The van der Waals surface area contributed by atoms with E-state index in [4.69, 9.17) is 14.6 Å². The summed E-state index contributed by atoms with van der Waals surface area (Å²) in [5.74, 6) is -2.50. The molecule has 0 spiro atoms. The standard InChI is InChI=1S/C24H24N4O5/c1-3-32-24(31)20-21(30)19(12-15-13-27-22-17(15)5-4-8-26-22)33-23(20)28-18-7-6-16(11-14(18)2)25-9-10-29/h4-8,11-13,20,25,29H,3,9-10H2,1-2H3,(H,26,27)/b19-12-,28-23?. The number of nitrogens with one attached hydrogen (secondary N) is 2. The first-order chi connectivity index (χ1) is 16.0. The van der Waals surface area contributed by atoms with Crippen molar-refractivity contribution in [3.05, 3.63) is 59.6 Å². The second-order valence-electron chi connectivity index (χ2n) is 7.41. The Balaban J connectivity index is 1.70. The second kappa shape index (κ2) is 9.66. The molecule has 2 aromatic heterocycles. The number of carbonyl (C=O) groups is 2. The smallest absolute Gasteiger partial charge is 0.326 e. The number of aliphatic imine (C=N–C) groups is 1. The number of carbonyl (C=O) groups excluding carboxylic acids is 2. The number of ether oxygens (including phenoxy) is 2. The number of aliphatic hydroxyl groups is 1. The fourth-order valence-electron chi connectivity index (χ4n) is 3.55. The maximum atomic E-state index is 13.1. The number of aryl methyl sites for hydroxylation is 1. The molecule has 0 aliphatic carbocycles. The Bertz CT molecular complexity index is 1260. The van der Waals surface area contributed by atoms with Crippen molar-refractivity contribution in [3.8, 4) is 0 Å². The quantitative estimate of drug-likeness (QED) is 0.288. The average Bonchev–Trinajstić information content (AvgIpc) is 3.35. The van der Waals surface area contributed by atoms with E-state index in [0.717, 1.165) is 16.6 Å². The van der Waals surface area contributed by atoms with Gasteiger partial charge in [-0.2, -0.15) is 0 Å². The van der Waals surface area contributed by atoms with Crippen LogP contribution in [0.25, 0.3) is 17.1 Å². The molecule has 9 nitrogen and oxygen atoms in total. The number of ketones is 1. The third-order valence-electron chi connectivity index (χ3n) is 5.13. The molecule has 0 amide bonds. The fraction of sp³-hybridized carbons (Fsp3) is 0.250. The Morgan fingerprint density at radius 1 is 1.39 bits per heavy atom. The molecule has 33 heavy (non-hydrogen) atoms. The minimum absolute atomic E-state index is 0.00967. The van der Waals surface area contributed by atoms with Gasteiger partial charge in [-0.05, 0) is 55.8 Å². The van der Waals surface area contributed by atoms with Crippen LogP contribution in [0.4, 0.5) is 11.4 Å². The maximum Gasteiger partial charge on any atom is 0.326 e. The third kappa shape index (κ3) is 4.63. The number of fused-ring (bicyclic) bond motifs is 1. The van der Waals surface area contributed by atoms with E-state index in [0.29, 0.717) is 23.4 Å². The van der Waals surface area contributed by atoms with Gasteiger partial charge in [0.1, 0.15) is 5.65 Å². The summed E-state index contributed by atoms with van der Waals surface area (Å²) in [6, 6.07) is 9.09. The Hall–Kier alpha value is -3.98. The summed E-state index contributed by atoms with van der Waals surface area (Å²) in [6.07, 6.45) is 4.96. The molecule has 1 saturated heterocycles. The fourth-order valence-corrected chi connectivity index (χ4v) is 3.55. The monoisotopic (exact) mass is 448 g/mol. The first kappa shape index (κ1) is 22.2. The van der Waals surface area contributed by atoms with Gasteiger partial charge in [-0.15, -0.1) is 0 Å². The number of allylic oxidation sites excluding steroid dienone is 1. The zero-order chi connectivity index (χ0) is 23.4. The molecule has 170 valence electrons. The van der Waals surface area contributed by atoms with Gasteiger partial charge in [-0.1, -0.05) is 0 Å². The first-order valence-electron chi connectivity index (χ1n) is 10.6. The number of hydrogen-bond donors (Lipinski definition) is 3. The number of H-pyrrole nitrogens is 1. The van der Waals surface area contributed by atoms with Gasteiger partial charge in [-0.3, -0.25) is 9.59 Å². The van der Waals surface area contributed by atoms with E-state index in [1.165, 1.54) is 0 Å². The Morgan fingerprint density at radius 2 is 2.24 bits per heavy atom. The topological polar surface area (TPSA) is 126 Å². The molecule has 1 aromatic carbocycles. The van der Waals surface area contributed by atoms with Crippen LogP contribution >= 0.6 is 0 Å². The van der Waals surface area contributed by atoms with E-state index in [9.17, 15) is 9.59 Å². The van der Waals surface area contributed by atoms with Crippen LogP contribution in [0, 0.1) is 12.8 Å². The van der Waals surface area contributed by atoms with Crippen LogP contribution in [0.5, 0.6) is 0 Å². The van der Waals surface area contributed by atoms with Gasteiger partial charge in [0.05, 0.1) is 18.9 Å². The van der Waals surface area contributed by atoms with Crippen molar-refractivity contribution >= 4 is 46.1 Å². The molecular formula is C24H24N4O5. The summed E-state index contributed by atoms with van der Waals surface area (Å²) in [7, 11) is 0. The normalized spacial score (nSPS) is 18.2. The summed E-state index contributed by atoms with van der Waals surface area (Å²) >= 11 is 0. The van der Waals surface area contributed by atoms with Crippen molar-refractivity contribution in [3.63, 3.8) is 0 Å². The predicted octanol–water partition coefficient (Wildman–Crippen LogP) is 3.13. The van der Waals surface area contributed by atoms with E-state index in [1.54, 1.807) is 43.6 Å². The average molecular weight is 448 g/mol. The lowest BCUT2D eigenvalue weighted by Gasteiger charge is -2.09. The van der Waals surface area contributed by atoms with Gasteiger partial charge < -0.3 is 24.9 Å². The number of esters is 1. The van der Waals surface area contributed by atoms with Crippen LogP contribution in [0.3, 0.4) is 0 Å². The van der Waals surface area contributed by atoms with E-state index >= 15 is 0 Å². The summed E-state index contributed by atoms with van der Waals surface area (Å²) in [5.41, 5.74) is 3.57. The lowest BCUT2D eigenvalue weighted by atomic mass is 10.0. The zero-order valence-electron chi connectivity index (χ0n) is 18.3. The molecule has 1 atom stereocenters. The molecule has 1 unspecified atom stereocenters. The molecule has 0 bridgehead atoms. The molecule has 1 aliphatic heterocycles. The van der Waals surface area contributed by atoms with Gasteiger partial charge >= 0.3 is 5.97 Å². The number of hydrogen-bond acceptors (Lipinski definition) is 8. The number of benzene rings is 1. The largest absolute Gasteiger partial charge is 0.465 e. The van der Waals surface area contributed by atoms with Gasteiger partial charge in [-0.25, -0.2) is 9.98 Å². The number of rotatable bonds is 7. The van der Waals surface area contributed by atoms with Crippen molar-refractivity contribution < 1.29 is 24.2 Å². The van der Waals surface area contributed by atoms with Crippen molar-refractivity contribution in [2.45, 2.75) is 13.8 Å². The first-order valence-corrected chi connectivity index (χ1v) is 10.6. The number of aromatic nitrogens is 2. The number of aliphatic hydroxyl groups excluding tert-OH is 1. The highest BCUT2D eigenvalue weighted by Gasteiger charge is 2.44.